The number of ether oxygens (including phenoxy) is 2. The number of hydrogen-bond donors (Lipinski definition) is 1. The molecular formula is C21H20N2O4. The number of carbonyl (C=O) groups excluding carboxylic acids is 2. The van der Waals surface area contributed by atoms with Crippen LogP contribution in [0.15, 0.2) is 54.1 Å². The lowest BCUT2D eigenvalue weighted by Gasteiger charge is -2.08. The van der Waals surface area contributed by atoms with Crippen molar-refractivity contribution < 1.29 is 19.1 Å². The molecule has 0 fully saturated rings. The van der Waals surface area contributed by atoms with E-state index in [0.29, 0.717) is 17.0 Å². The van der Waals surface area contributed by atoms with Gasteiger partial charge in [0.15, 0.2) is 6.61 Å². The number of esters is 1. The summed E-state index contributed by atoms with van der Waals surface area (Å²) in [5.41, 5.74) is 2.34. The summed E-state index contributed by atoms with van der Waals surface area (Å²) in [5.74, 6) is -0.423. The number of benzene rings is 2. The highest BCUT2D eigenvalue weighted by atomic mass is 16.5. The maximum absolute atomic E-state index is 12.0. The predicted octanol–water partition coefficient (Wildman–Crippen LogP) is 3.48. The molecule has 27 heavy (non-hydrogen) atoms. The minimum atomic E-state index is -0.659. The Kier molecular flexibility index (Phi) is 7.15. The van der Waals surface area contributed by atoms with E-state index in [9.17, 15) is 9.59 Å². The molecule has 138 valence electrons. The second kappa shape index (κ2) is 9.78. The second-order valence-electron chi connectivity index (χ2n) is 5.67. The van der Waals surface area contributed by atoms with Gasteiger partial charge >= 0.3 is 5.97 Å². The highest BCUT2D eigenvalue weighted by molar-refractivity contribution is 5.97. The van der Waals surface area contributed by atoms with Gasteiger partial charge in [0.25, 0.3) is 5.91 Å². The van der Waals surface area contributed by atoms with Crippen molar-refractivity contribution >= 4 is 23.6 Å². The Hall–Kier alpha value is -3.59. The third-order valence-electron chi connectivity index (χ3n) is 3.48. The average Bonchev–Trinajstić information content (AvgIpc) is 2.65. The van der Waals surface area contributed by atoms with Crippen molar-refractivity contribution in [1.29, 1.82) is 5.26 Å². The molecule has 0 saturated carbocycles. The molecule has 0 aromatic heterocycles. The van der Waals surface area contributed by atoms with Gasteiger partial charge in [-0.15, -0.1) is 0 Å². The van der Waals surface area contributed by atoms with Crippen LogP contribution in [-0.2, 0) is 14.3 Å². The van der Waals surface area contributed by atoms with Gasteiger partial charge < -0.3 is 14.8 Å². The monoisotopic (exact) mass is 364 g/mol. The fourth-order valence-corrected chi connectivity index (χ4v) is 2.24. The van der Waals surface area contributed by atoms with Crippen molar-refractivity contribution in [3.8, 4) is 11.8 Å². The van der Waals surface area contributed by atoms with Crippen molar-refractivity contribution in [2.45, 2.75) is 13.8 Å². The summed E-state index contributed by atoms with van der Waals surface area (Å²) in [7, 11) is 0. The van der Waals surface area contributed by atoms with Crippen LogP contribution in [0, 0.1) is 18.3 Å². The number of anilines is 1. The molecule has 0 radical (unpaired) electrons. The van der Waals surface area contributed by atoms with Gasteiger partial charge in [0.05, 0.1) is 6.61 Å². The lowest BCUT2D eigenvalue weighted by atomic mass is 10.1. The van der Waals surface area contributed by atoms with Crippen LogP contribution < -0.4 is 10.1 Å². The third kappa shape index (κ3) is 6.33. The normalized spacial score (nSPS) is 10.6. The maximum atomic E-state index is 12.0. The number of hydrogen-bond acceptors (Lipinski definition) is 5. The lowest BCUT2D eigenvalue weighted by Crippen LogP contribution is -2.20. The highest BCUT2D eigenvalue weighted by Gasteiger charge is 2.09. The molecule has 0 atom stereocenters. The maximum Gasteiger partial charge on any atom is 0.348 e. The zero-order valence-corrected chi connectivity index (χ0v) is 15.2. The number of carbonyl (C=O) groups is 2. The average molecular weight is 364 g/mol. The van der Waals surface area contributed by atoms with Crippen molar-refractivity contribution in [3.63, 3.8) is 0 Å². The number of nitriles is 1. The van der Waals surface area contributed by atoms with Crippen LogP contribution >= 0.6 is 0 Å². The number of amides is 1. The Morgan fingerprint density at radius 2 is 1.93 bits per heavy atom. The van der Waals surface area contributed by atoms with Crippen molar-refractivity contribution in [1.82, 2.24) is 0 Å². The molecule has 6 nitrogen and oxygen atoms in total. The van der Waals surface area contributed by atoms with Crippen LogP contribution in [0.25, 0.3) is 6.08 Å². The summed E-state index contributed by atoms with van der Waals surface area (Å²) >= 11 is 0. The van der Waals surface area contributed by atoms with E-state index in [4.69, 9.17) is 14.7 Å². The summed E-state index contributed by atoms with van der Waals surface area (Å²) < 4.78 is 10.3. The van der Waals surface area contributed by atoms with E-state index in [-0.39, 0.29) is 24.7 Å². The summed E-state index contributed by atoms with van der Waals surface area (Å²) in [6.07, 6.45) is 1.44. The summed E-state index contributed by atoms with van der Waals surface area (Å²) in [6.45, 7) is 3.70. The largest absolute Gasteiger partial charge is 0.484 e. The van der Waals surface area contributed by atoms with Crippen LogP contribution in [0.3, 0.4) is 0 Å². The van der Waals surface area contributed by atoms with Gasteiger partial charge in [-0.05, 0) is 55.3 Å². The van der Waals surface area contributed by atoms with Gasteiger partial charge in [0, 0.05) is 5.69 Å². The number of rotatable bonds is 7. The molecule has 1 amide bonds. The zero-order chi connectivity index (χ0) is 19.6. The van der Waals surface area contributed by atoms with Gasteiger partial charge in [0.2, 0.25) is 0 Å². The number of aryl methyl sites for hydroxylation is 1. The van der Waals surface area contributed by atoms with Gasteiger partial charge in [-0.1, -0.05) is 24.3 Å². The Labute approximate surface area is 158 Å². The summed E-state index contributed by atoms with van der Waals surface area (Å²) in [4.78, 5) is 23.6. The first kappa shape index (κ1) is 19.7. The first-order valence-corrected chi connectivity index (χ1v) is 8.40. The van der Waals surface area contributed by atoms with Gasteiger partial charge in [-0.3, -0.25) is 4.79 Å². The quantitative estimate of drug-likeness (QED) is 0.462. The molecule has 0 spiro atoms. The summed E-state index contributed by atoms with van der Waals surface area (Å²) in [6, 6.07) is 16.0. The topological polar surface area (TPSA) is 88.4 Å². The Morgan fingerprint density at radius 1 is 1.19 bits per heavy atom. The standard InChI is InChI=1S/C21H20N2O4/c1-3-26-21(25)17(13-22)12-16-7-9-19(10-8-16)27-14-20(24)23-18-6-4-5-15(2)11-18/h4-12H,3,14H2,1-2H3,(H,23,24)/b17-12+. The molecule has 2 rings (SSSR count). The molecule has 0 aliphatic carbocycles. The number of nitrogens with zero attached hydrogens (tertiary/aromatic N) is 1. The van der Waals surface area contributed by atoms with E-state index in [0.717, 1.165) is 5.56 Å². The van der Waals surface area contributed by atoms with Crippen molar-refractivity contribution in [3.05, 3.63) is 65.2 Å². The van der Waals surface area contributed by atoms with Crippen LogP contribution in [0.2, 0.25) is 0 Å². The lowest BCUT2D eigenvalue weighted by molar-refractivity contribution is -0.137. The van der Waals surface area contributed by atoms with Gasteiger partial charge in [-0.25, -0.2) is 4.79 Å². The van der Waals surface area contributed by atoms with E-state index in [1.54, 1.807) is 31.2 Å². The van der Waals surface area contributed by atoms with Crippen LogP contribution in [0.1, 0.15) is 18.1 Å². The molecular weight excluding hydrogens is 344 g/mol. The van der Waals surface area contributed by atoms with E-state index < -0.39 is 5.97 Å². The fourth-order valence-electron chi connectivity index (χ4n) is 2.24. The molecule has 0 aliphatic rings. The van der Waals surface area contributed by atoms with E-state index in [1.165, 1.54) is 6.08 Å². The smallest absolute Gasteiger partial charge is 0.348 e. The highest BCUT2D eigenvalue weighted by Crippen LogP contribution is 2.15. The van der Waals surface area contributed by atoms with E-state index in [1.807, 2.05) is 37.3 Å². The van der Waals surface area contributed by atoms with Crippen molar-refractivity contribution in [2.24, 2.45) is 0 Å². The Bertz CT molecular complexity index is 880. The van der Waals surface area contributed by atoms with E-state index in [2.05, 4.69) is 5.32 Å². The molecule has 0 heterocycles. The molecule has 6 heteroatoms. The molecule has 0 saturated heterocycles. The summed E-state index contributed by atoms with van der Waals surface area (Å²) in [5, 5.41) is 11.8. The van der Waals surface area contributed by atoms with Crippen LogP contribution in [0.4, 0.5) is 5.69 Å². The first-order chi connectivity index (χ1) is 13.0. The third-order valence-corrected chi connectivity index (χ3v) is 3.48. The van der Waals surface area contributed by atoms with Crippen LogP contribution in [-0.4, -0.2) is 25.1 Å². The van der Waals surface area contributed by atoms with Crippen LogP contribution in [0.5, 0.6) is 5.75 Å². The van der Waals surface area contributed by atoms with Gasteiger partial charge in [0.1, 0.15) is 17.4 Å². The first-order valence-electron chi connectivity index (χ1n) is 8.40. The SMILES string of the molecule is CCOC(=O)/C(C#N)=C/c1ccc(OCC(=O)Nc2cccc(C)c2)cc1. The predicted molar refractivity (Wildman–Crippen MR) is 102 cm³/mol. The van der Waals surface area contributed by atoms with Crippen molar-refractivity contribution in [2.75, 3.05) is 18.5 Å². The molecule has 2 aromatic carbocycles. The molecule has 0 aliphatic heterocycles. The van der Waals surface area contributed by atoms with E-state index >= 15 is 0 Å². The Morgan fingerprint density at radius 3 is 2.56 bits per heavy atom. The Balaban J connectivity index is 1.92. The molecule has 1 N–H and O–H groups in total. The molecule has 0 bridgehead atoms. The fraction of sp³-hybridized carbons (Fsp3) is 0.190. The zero-order valence-electron chi connectivity index (χ0n) is 15.2. The number of nitrogens with one attached hydrogen (secondary N) is 1. The minimum absolute atomic E-state index is 0.0805. The minimum Gasteiger partial charge on any atom is -0.484 e. The van der Waals surface area contributed by atoms with Gasteiger partial charge in [-0.2, -0.15) is 5.26 Å². The second-order valence-corrected chi connectivity index (χ2v) is 5.67. The molecule has 0 unspecified atom stereocenters. The molecule has 2 aromatic rings.